The van der Waals surface area contributed by atoms with Crippen LogP contribution in [-0.2, 0) is 109 Å². The van der Waals surface area contributed by atoms with Crippen LogP contribution >= 0.6 is 0 Å². The van der Waals surface area contributed by atoms with Crippen molar-refractivity contribution in [2.75, 3.05) is 57.6 Å². The van der Waals surface area contributed by atoms with Gasteiger partial charge in [0, 0.05) is 86.9 Å². The highest BCUT2D eigenvalue weighted by Gasteiger charge is 2.68. The van der Waals surface area contributed by atoms with Crippen LogP contribution in [0.25, 0.3) is 0 Å². The molecule has 116 heavy (non-hydrogen) atoms. The first kappa shape index (κ1) is 96.2. The molecule has 0 aliphatic heterocycles. The van der Waals surface area contributed by atoms with Crippen LogP contribution in [0.3, 0.4) is 0 Å². The molecule has 8 aliphatic carbocycles. The van der Waals surface area contributed by atoms with Gasteiger partial charge in [0.25, 0.3) is 0 Å². The average molecular weight is 1700 g/mol. The minimum absolute atomic E-state index is 0. The van der Waals surface area contributed by atoms with Gasteiger partial charge in [-0.1, -0.05) is 148 Å². The lowest BCUT2D eigenvalue weighted by Gasteiger charge is -2.58. The lowest BCUT2D eigenvalue weighted by Crippen LogP contribution is -3.00. The molecular weight excluding hydrogens is 1580 g/mol. The molecule has 16 atom stereocenters. The van der Waals surface area contributed by atoms with Crippen LogP contribution in [0.15, 0.2) is 165 Å². The molecule has 0 radical (unpaired) electrons. The van der Waals surface area contributed by atoms with Crippen LogP contribution in [0, 0.1) is 92.7 Å². The van der Waals surface area contributed by atoms with E-state index < -0.39 is 66.4 Å². The topological polar surface area (TPSA) is 325 Å². The van der Waals surface area contributed by atoms with E-state index in [0.717, 1.165) is 38.5 Å². The van der Waals surface area contributed by atoms with E-state index in [1.54, 1.807) is 0 Å². The van der Waals surface area contributed by atoms with Gasteiger partial charge in [0.2, 0.25) is 0 Å². The second-order valence-electron chi connectivity index (χ2n) is 33.1. The summed E-state index contributed by atoms with van der Waals surface area (Å²) < 4.78 is 82.6. The third-order valence-electron chi connectivity index (χ3n) is 26.9. The lowest BCUT2D eigenvalue weighted by atomic mass is 9.44. The molecule has 0 N–H and O–H groups in total. The molecule has 21 nitrogen and oxygen atoms in total. The lowest BCUT2D eigenvalue weighted by molar-refractivity contribution is -0.168. The number of ketones is 6. The Labute approximate surface area is 699 Å². The van der Waals surface area contributed by atoms with Crippen LogP contribution in [0.2, 0.25) is 0 Å². The van der Waals surface area contributed by atoms with Crippen molar-refractivity contribution in [3.63, 3.8) is 0 Å². The SMILES string of the molecule is C=C[S+](c1ccccc1)c1ccccc1.C=C[S+](c1ccccc1)c1ccccc1.CCN(CC)CC.C[C@H](CCC(=O)OCCOC(=O)CS(=O)(=O)[O-])[C@H]1CCC2C3C(=O)CC4CC(=O)CC[C@]4(C)C3CC(=O)[C@@]21C.C[C@H](CCC(=O)OCCOC(=O)CS(=O)(=O)[O-])[C@H]1CCC2C3C(=O)CC4CC(=O)CC[C@]4(C)C3CC(=O)[C@@]21C.[Cl-]. The number of carbonyl (C=O) groups is 10. The van der Waals surface area contributed by atoms with Crippen molar-refractivity contribution >= 4 is 101 Å². The Bertz CT molecular complexity index is 3930. The molecule has 0 saturated heterocycles. The van der Waals surface area contributed by atoms with Crippen LogP contribution < -0.4 is 12.4 Å². The number of Topliss-reactive ketones (excluding diaryl/α,β-unsaturated/α-hetero) is 6. The molecule has 636 valence electrons. The molecule has 0 amide bonds. The van der Waals surface area contributed by atoms with Crippen LogP contribution in [0.5, 0.6) is 0 Å². The highest BCUT2D eigenvalue weighted by molar-refractivity contribution is 8.00. The molecule has 4 aromatic carbocycles. The highest BCUT2D eigenvalue weighted by atomic mass is 35.5. The molecule has 26 heteroatoms. The normalized spacial score (nSPS) is 28.1. The van der Waals surface area contributed by atoms with Gasteiger partial charge in [-0.15, -0.1) is 0 Å². The van der Waals surface area contributed by atoms with Crippen LogP contribution in [0.4, 0.5) is 0 Å². The standard InChI is InChI=1S/2C28H40O10S.2C14H13S.C6H15N.ClH/c2*1-16(4-7-24(32)37-10-11-38-25(33)15-39(34,35)36)19-5-6-20-26-21(14-23(31)28(19,20)3)27(2)9-8-18(29)12-17(27)13-22(26)30;2*1-2-15(13-9-5-3-6-10-13)14-11-7-4-8-12-14;1-4-7(5-2)6-3;/h2*16-17,19-21,26H,4-15H2,1-3H3,(H,34,35,36);2*2-12H,1H2;4-6H2,1-3H3;1H/q;;2*+1;;/p-3/t2*16-,17?,19-,20?,21?,26?,27+,28-;;;;/m11..../s1. The summed E-state index contributed by atoms with van der Waals surface area (Å²) in [5, 5.41) is 4.04. The molecule has 4 aromatic rings. The number of esters is 4. The zero-order valence-corrected chi connectivity index (χ0v) is 72.8. The van der Waals surface area contributed by atoms with Crippen molar-refractivity contribution in [1.29, 1.82) is 0 Å². The Kier molecular flexibility index (Phi) is 35.9. The number of rotatable bonds is 27. The zero-order valence-electron chi connectivity index (χ0n) is 68.8. The number of nitrogens with zero attached hydrogens (tertiary/aromatic N) is 1. The molecule has 0 heterocycles. The quantitative estimate of drug-likeness (QED) is 0.0176. The zero-order chi connectivity index (χ0) is 84.2. The fourth-order valence-corrected chi connectivity index (χ4v) is 24.5. The van der Waals surface area contributed by atoms with Crippen molar-refractivity contribution < 1.29 is 105 Å². The van der Waals surface area contributed by atoms with Crippen molar-refractivity contribution in [1.82, 2.24) is 4.90 Å². The second kappa shape index (κ2) is 43.3. The average Bonchev–Trinajstić information content (AvgIpc) is 1.42. The fourth-order valence-electron chi connectivity index (χ4n) is 20.6. The summed E-state index contributed by atoms with van der Waals surface area (Å²) in [7, 11) is -9.44. The van der Waals surface area contributed by atoms with Gasteiger partial charge in [-0.3, -0.25) is 47.9 Å². The van der Waals surface area contributed by atoms with Gasteiger partial charge in [-0.05, 0) is 190 Å². The summed E-state index contributed by atoms with van der Waals surface area (Å²) in [4.78, 5) is 134. The fraction of sp³-hybridized carbons (Fsp3) is 0.578. The van der Waals surface area contributed by atoms with Crippen LogP contribution in [-0.4, -0.2) is 147 Å². The van der Waals surface area contributed by atoms with Crippen LogP contribution in [0.1, 0.15) is 178 Å². The first-order valence-corrected chi connectivity index (χ1v) is 46.5. The summed E-state index contributed by atoms with van der Waals surface area (Å²) in [6, 6.07) is 41.9. The summed E-state index contributed by atoms with van der Waals surface area (Å²) in [6.45, 7) is 29.3. The molecule has 8 aliphatic rings. The molecule has 0 bridgehead atoms. The molecule has 8 unspecified atom stereocenters. The minimum atomic E-state index is -4.73. The van der Waals surface area contributed by atoms with Gasteiger partial charge >= 0.3 is 23.9 Å². The number of halogens is 1. The summed E-state index contributed by atoms with van der Waals surface area (Å²) in [5.74, 6) is -4.74. The molecule has 0 aromatic heterocycles. The van der Waals surface area contributed by atoms with E-state index in [0.29, 0.717) is 64.2 Å². The van der Waals surface area contributed by atoms with Crippen molar-refractivity contribution in [2.45, 2.75) is 197 Å². The molecular formula is C90H119ClNO20S4-. The molecule has 12 rings (SSSR count). The molecule has 0 spiro atoms. The van der Waals surface area contributed by atoms with Crippen molar-refractivity contribution in [3.8, 4) is 0 Å². The second-order valence-corrected chi connectivity index (χ2v) is 39.8. The Hall–Kier alpha value is -6.97. The number of carbonyl (C=O) groups excluding carboxylic acids is 10. The van der Waals surface area contributed by atoms with Gasteiger partial charge in [0.1, 0.15) is 104 Å². The number of benzene rings is 4. The van der Waals surface area contributed by atoms with E-state index in [-0.39, 0.29) is 190 Å². The van der Waals surface area contributed by atoms with Gasteiger partial charge in [-0.2, -0.15) is 0 Å². The van der Waals surface area contributed by atoms with E-state index in [2.05, 4.69) is 159 Å². The number of fused-ring (bicyclic) bond motifs is 10. The van der Waals surface area contributed by atoms with E-state index >= 15 is 0 Å². The van der Waals surface area contributed by atoms with Crippen molar-refractivity contribution in [3.05, 3.63) is 145 Å². The number of ether oxygens (including phenoxy) is 4. The Balaban J connectivity index is 0.000000223. The van der Waals surface area contributed by atoms with E-state index in [1.807, 2.05) is 62.8 Å². The molecule has 8 saturated carbocycles. The Morgan fingerprint density at radius 2 is 0.759 bits per heavy atom. The summed E-state index contributed by atoms with van der Waals surface area (Å²) in [6.07, 6.45) is 9.51. The Morgan fingerprint density at radius 3 is 1.03 bits per heavy atom. The maximum absolute atomic E-state index is 13.8. The predicted molar refractivity (Wildman–Crippen MR) is 439 cm³/mol. The van der Waals surface area contributed by atoms with Gasteiger partial charge in [0.05, 0.1) is 21.8 Å². The maximum atomic E-state index is 13.8. The first-order chi connectivity index (χ1) is 54.5. The largest absolute Gasteiger partial charge is 1.00 e. The third-order valence-corrected chi connectivity index (χ3v) is 31.9. The van der Waals surface area contributed by atoms with E-state index in [1.165, 1.54) is 39.2 Å². The van der Waals surface area contributed by atoms with Crippen molar-refractivity contribution in [2.24, 2.45) is 92.7 Å². The monoisotopic (exact) mass is 1700 g/mol. The highest BCUT2D eigenvalue weighted by Crippen LogP contribution is 2.68. The Morgan fingerprint density at radius 1 is 0.466 bits per heavy atom. The van der Waals surface area contributed by atoms with Gasteiger partial charge < -0.3 is 45.4 Å². The number of hydrogen-bond acceptors (Lipinski definition) is 21. The maximum Gasteiger partial charge on any atom is 0.320 e. The minimum Gasteiger partial charge on any atom is -1.00 e. The van der Waals surface area contributed by atoms with Gasteiger partial charge in [0.15, 0.2) is 19.6 Å². The third kappa shape index (κ3) is 24.2. The first-order valence-electron chi connectivity index (χ1n) is 40.8. The summed E-state index contributed by atoms with van der Waals surface area (Å²) in [5.41, 5.74) is -1.56. The smallest absolute Gasteiger partial charge is 0.320 e. The summed E-state index contributed by atoms with van der Waals surface area (Å²) >= 11 is 0. The van der Waals surface area contributed by atoms with E-state index in [4.69, 9.17) is 9.47 Å². The van der Waals surface area contributed by atoms with Gasteiger partial charge in [-0.25, -0.2) is 16.8 Å². The predicted octanol–water partition coefficient (Wildman–Crippen LogP) is 11.3. The molecule has 8 fully saturated rings. The number of hydrogen-bond donors (Lipinski definition) is 0. The van der Waals surface area contributed by atoms with E-state index in [9.17, 15) is 73.9 Å².